The second kappa shape index (κ2) is 8.53. The molecule has 106 valence electrons. The zero-order chi connectivity index (χ0) is 14.3. The molecule has 19 heavy (non-hydrogen) atoms. The Morgan fingerprint density at radius 2 is 2.21 bits per heavy atom. The Balaban J connectivity index is 2.69. The summed E-state index contributed by atoms with van der Waals surface area (Å²) in [5.74, 6) is -0.0931. The van der Waals surface area contributed by atoms with E-state index in [0.717, 1.165) is 4.47 Å². The molecule has 0 aromatic heterocycles. The van der Waals surface area contributed by atoms with Crippen molar-refractivity contribution in [1.82, 2.24) is 4.90 Å². The van der Waals surface area contributed by atoms with Crippen molar-refractivity contribution in [3.05, 3.63) is 33.3 Å². The summed E-state index contributed by atoms with van der Waals surface area (Å²) in [7, 11) is 0. The molecule has 0 bridgehead atoms. The van der Waals surface area contributed by atoms with Crippen molar-refractivity contribution in [2.24, 2.45) is 0 Å². The van der Waals surface area contributed by atoms with Gasteiger partial charge in [-0.1, -0.05) is 11.6 Å². The van der Waals surface area contributed by atoms with E-state index in [-0.39, 0.29) is 19.1 Å². The van der Waals surface area contributed by atoms with Gasteiger partial charge >= 0.3 is 0 Å². The molecular weight excluding hydrogens is 334 g/mol. The first-order valence-corrected chi connectivity index (χ1v) is 7.20. The highest BCUT2D eigenvalue weighted by Crippen LogP contribution is 2.22. The predicted molar refractivity (Wildman–Crippen MR) is 78.6 cm³/mol. The van der Waals surface area contributed by atoms with Crippen LogP contribution < -0.4 is 0 Å². The van der Waals surface area contributed by atoms with E-state index in [2.05, 4.69) is 15.9 Å². The molecule has 0 heterocycles. The first-order valence-electron chi connectivity index (χ1n) is 6.03. The van der Waals surface area contributed by atoms with Gasteiger partial charge in [-0.15, -0.1) is 0 Å². The molecule has 0 aliphatic rings. The fourth-order valence-corrected chi connectivity index (χ4v) is 2.16. The van der Waals surface area contributed by atoms with Crippen molar-refractivity contribution in [3.63, 3.8) is 0 Å². The van der Waals surface area contributed by atoms with Gasteiger partial charge in [-0.3, -0.25) is 4.79 Å². The number of rotatable bonds is 7. The quantitative estimate of drug-likeness (QED) is 0.769. The van der Waals surface area contributed by atoms with Crippen LogP contribution in [0.2, 0.25) is 5.02 Å². The molecular formula is C13H17BrClNO3. The number of likely N-dealkylation sites (N-methyl/N-ethyl adjacent to an activating group) is 1. The maximum atomic E-state index is 12.3. The van der Waals surface area contributed by atoms with Gasteiger partial charge in [-0.25, -0.2) is 0 Å². The number of aliphatic hydroxyl groups is 1. The third-order valence-electron chi connectivity index (χ3n) is 2.57. The van der Waals surface area contributed by atoms with Gasteiger partial charge in [-0.05, 0) is 41.1 Å². The molecule has 0 aliphatic carbocycles. The summed E-state index contributed by atoms with van der Waals surface area (Å²) in [5.41, 5.74) is 0.538. The lowest BCUT2D eigenvalue weighted by Crippen LogP contribution is -2.34. The molecule has 1 amide bonds. The number of amides is 1. The average molecular weight is 351 g/mol. The average Bonchev–Trinajstić information content (AvgIpc) is 2.41. The summed E-state index contributed by atoms with van der Waals surface area (Å²) < 4.78 is 5.89. The Morgan fingerprint density at radius 1 is 1.47 bits per heavy atom. The Hall–Kier alpha value is -0.620. The van der Waals surface area contributed by atoms with Crippen LogP contribution in [0.1, 0.15) is 17.3 Å². The van der Waals surface area contributed by atoms with E-state index in [4.69, 9.17) is 21.4 Å². The lowest BCUT2D eigenvalue weighted by atomic mass is 10.2. The molecule has 0 saturated heterocycles. The van der Waals surface area contributed by atoms with Crippen molar-refractivity contribution >= 4 is 33.4 Å². The molecule has 6 heteroatoms. The second-order valence-electron chi connectivity index (χ2n) is 3.84. The van der Waals surface area contributed by atoms with Crippen LogP contribution in [0.15, 0.2) is 22.7 Å². The van der Waals surface area contributed by atoms with Crippen molar-refractivity contribution in [3.8, 4) is 0 Å². The molecule has 1 aromatic carbocycles. The zero-order valence-electron chi connectivity index (χ0n) is 10.7. The highest BCUT2D eigenvalue weighted by atomic mass is 79.9. The van der Waals surface area contributed by atoms with Crippen LogP contribution >= 0.6 is 27.5 Å². The second-order valence-corrected chi connectivity index (χ2v) is 5.14. The molecule has 0 atom stereocenters. The van der Waals surface area contributed by atoms with Crippen molar-refractivity contribution in [2.75, 3.05) is 32.9 Å². The lowest BCUT2D eigenvalue weighted by Gasteiger charge is -2.21. The fraction of sp³-hybridized carbons (Fsp3) is 0.462. The Bertz CT molecular complexity index is 428. The standard InChI is InChI=1S/C13H17BrClNO3/c1-2-16(5-7-19-8-6-17)13(18)11-9-10(15)3-4-12(11)14/h3-4,9,17H,2,5-8H2,1H3. The number of nitrogens with zero attached hydrogens (tertiary/aromatic N) is 1. The zero-order valence-corrected chi connectivity index (χ0v) is 13.1. The number of ether oxygens (including phenoxy) is 1. The SMILES string of the molecule is CCN(CCOCCO)C(=O)c1cc(Cl)ccc1Br. The summed E-state index contributed by atoms with van der Waals surface area (Å²) in [4.78, 5) is 14.0. The predicted octanol–water partition coefficient (Wildman–Crippen LogP) is 2.57. The van der Waals surface area contributed by atoms with Crippen LogP contribution in [0.25, 0.3) is 0 Å². The highest BCUT2D eigenvalue weighted by molar-refractivity contribution is 9.10. The molecule has 0 fully saturated rings. The number of aliphatic hydroxyl groups excluding tert-OH is 1. The van der Waals surface area contributed by atoms with Gasteiger partial charge in [0.1, 0.15) is 0 Å². The molecule has 1 rings (SSSR count). The van der Waals surface area contributed by atoms with E-state index >= 15 is 0 Å². The smallest absolute Gasteiger partial charge is 0.255 e. The van der Waals surface area contributed by atoms with Crippen LogP contribution in [0.4, 0.5) is 0 Å². The normalized spacial score (nSPS) is 10.5. The lowest BCUT2D eigenvalue weighted by molar-refractivity contribution is 0.0578. The van der Waals surface area contributed by atoms with Crippen LogP contribution in [-0.4, -0.2) is 48.8 Å². The third kappa shape index (κ3) is 5.10. The molecule has 0 radical (unpaired) electrons. The van der Waals surface area contributed by atoms with E-state index in [9.17, 15) is 4.79 Å². The van der Waals surface area contributed by atoms with Crippen LogP contribution in [0.3, 0.4) is 0 Å². The van der Waals surface area contributed by atoms with Gasteiger partial charge < -0.3 is 14.7 Å². The molecule has 4 nitrogen and oxygen atoms in total. The minimum Gasteiger partial charge on any atom is -0.394 e. The van der Waals surface area contributed by atoms with Crippen LogP contribution in [0, 0.1) is 0 Å². The van der Waals surface area contributed by atoms with E-state index in [1.54, 1.807) is 23.1 Å². The van der Waals surface area contributed by atoms with Gasteiger partial charge in [-0.2, -0.15) is 0 Å². The highest BCUT2D eigenvalue weighted by Gasteiger charge is 2.17. The van der Waals surface area contributed by atoms with Gasteiger partial charge in [0.05, 0.1) is 25.4 Å². The number of benzene rings is 1. The Kier molecular flexibility index (Phi) is 7.38. The monoisotopic (exact) mass is 349 g/mol. The summed E-state index contributed by atoms with van der Waals surface area (Å²) in [5, 5.41) is 9.14. The first kappa shape index (κ1) is 16.4. The van der Waals surface area contributed by atoms with E-state index in [0.29, 0.717) is 30.3 Å². The molecule has 0 unspecified atom stereocenters. The third-order valence-corrected chi connectivity index (χ3v) is 3.50. The molecule has 0 saturated carbocycles. The minimum absolute atomic E-state index is 0.0140. The van der Waals surface area contributed by atoms with E-state index < -0.39 is 0 Å². The van der Waals surface area contributed by atoms with Gasteiger partial charge in [0.2, 0.25) is 0 Å². The van der Waals surface area contributed by atoms with Gasteiger partial charge in [0.25, 0.3) is 5.91 Å². The number of hydrogen-bond acceptors (Lipinski definition) is 3. The summed E-state index contributed by atoms with van der Waals surface area (Å²) in [6.07, 6.45) is 0. The van der Waals surface area contributed by atoms with Gasteiger partial charge in [0.15, 0.2) is 0 Å². The number of carbonyl (C=O) groups excluding carboxylic acids is 1. The Morgan fingerprint density at radius 3 is 2.84 bits per heavy atom. The first-order chi connectivity index (χ1) is 9.10. The summed E-state index contributed by atoms with van der Waals surface area (Å²) >= 11 is 9.26. The topological polar surface area (TPSA) is 49.8 Å². The summed E-state index contributed by atoms with van der Waals surface area (Å²) in [6, 6.07) is 5.12. The summed E-state index contributed by atoms with van der Waals surface area (Å²) in [6.45, 7) is 3.64. The van der Waals surface area contributed by atoms with Crippen molar-refractivity contribution in [1.29, 1.82) is 0 Å². The maximum Gasteiger partial charge on any atom is 0.255 e. The van der Waals surface area contributed by atoms with Gasteiger partial charge in [0, 0.05) is 22.6 Å². The van der Waals surface area contributed by atoms with E-state index in [1.165, 1.54) is 0 Å². The maximum absolute atomic E-state index is 12.3. The van der Waals surface area contributed by atoms with Crippen LogP contribution in [0.5, 0.6) is 0 Å². The number of carbonyl (C=O) groups is 1. The van der Waals surface area contributed by atoms with Crippen molar-refractivity contribution < 1.29 is 14.6 Å². The minimum atomic E-state index is -0.0931. The number of hydrogen-bond donors (Lipinski definition) is 1. The fourth-order valence-electron chi connectivity index (χ4n) is 1.58. The molecule has 0 aliphatic heterocycles. The van der Waals surface area contributed by atoms with E-state index in [1.807, 2.05) is 6.92 Å². The van der Waals surface area contributed by atoms with Crippen molar-refractivity contribution in [2.45, 2.75) is 6.92 Å². The molecule has 1 N–H and O–H groups in total. The molecule has 0 spiro atoms. The largest absolute Gasteiger partial charge is 0.394 e. The number of halogens is 2. The van der Waals surface area contributed by atoms with Crippen LogP contribution in [-0.2, 0) is 4.74 Å². The molecule has 1 aromatic rings. The Labute approximate surface area is 126 Å².